The van der Waals surface area contributed by atoms with E-state index in [0.717, 1.165) is 11.3 Å². The topological polar surface area (TPSA) is 77.8 Å². The number of carbonyl (C=O) groups is 1. The third-order valence-corrected chi connectivity index (χ3v) is 3.67. The maximum Gasteiger partial charge on any atom is 0.256 e. The molecule has 128 valence electrons. The first-order chi connectivity index (χ1) is 12.6. The molecule has 0 aliphatic rings. The summed E-state index contributed by atoms with van der Waals surface area (Å²) < 4.78 is 12.9. The van der Waals surface area contributed by atoms with Crippen molar-refractivity contribution in [2.24, 2.45) is 0 Å². The number of rotatable bonds is 5. The minimum absolute atomic E-state index is 0.274. The number of benzene rings is 2. The van der Waals surface area contributed by atoms with Crippen LogP contribution in [-0.4, -0.2) is 10.9 Å². The predicted octanol–water partition coefficient (Wildman–Crippen LogP) is 3.96. The number of pyridine rings is 1. The molecule has 0 bridgehead atoms. The van der Waals surface area contributed by atoms with E-state index in [1.54, 1.807) is 42.5 Å². The Balaban J connectivity index is 1.64. The highest BCUT2D eigenvalue weighted by Gasteiger charge is 2.08. The number of nitrogens with one attached hydrogen (secondary N) is 2. The molecular formula is C20H15FN4O. The van der Waals surface area contributed by atoms with E-state index in [9.17, 15) is 9.18 Å². The number of carbonyl (C=O) groups excluding carboxylic acids is 1. The lowest BCUT2D eigenvalue weighted by atomic mass is 10.1. The molecule has 0 atom stereocenters. The molecule has 0 saturated carbocycles. The van der Waals surface area contributed by atoms with E-state index < -0.39 is 0 Å². The Morgan fingerprint density at radius 2 is 1.92 bits per heavy atom. The Morgan fingerprint density at radius 1 is 1.12 bits per heavy atom. The van der Waals surface area contributed by atoms with Gasteiger partial charge in [0.25, 0.3) is 5.91 Å². The maximum atomic E-state index is 12.9. The number of halogens is 1. The fraction of sp³-hybridized carbons (Fsp3) is 0.0500. The van der Waals surface area contributed by atoms with Gasteiger partial charge in [-0.1, -0.05) is 18.2 Å². The second kappa shape index (κ2) is 7.90. The molecule has 3 rings (SSSR count). The summed E-state index contributed by atoms with van der Waals surface area (Å²) in [6.45, 7) is 0.516. The molecule has 0 aliphatic heterocycles. The van der Waals surface area contributed by atoms with Crippen LogP contribution in [0.3, 0.4) is 0 Å². The molecule has 0 fully saturated rings. The fourth-order valence-corrected chi connectivity index (χ4v) is 2.30. The van der Waals surface area contributed by atoms with Gasteiger partial charge in [-0.25, -0.2) is 9.37 Å². The standard InChI is InChI=1S/C20H15FN4O/c21-17-7-4-14(5-8-17)12-23-18-3-1-2-16(10-18)20(26)25-19-9-6-15(11-22)13-24-19/h1-10,13,23H,12H2,(H,24,25,26). The third-order valence-electron chi connectivity index (χ3n) is 3.67. The molecule has 0 aliphatic carbocycles. The zero-order chi connectivity index (χ0) is 18.4. The molecule has 3 aromatic rings. The quantitative estimate of drug-likeness (QED) is 0.733. The van der Waals surface area contributed by atoms with Gasteiger partial charge in [-0.2, -0.15) is 5.26 Å². The van der Waals surface area contributed by atoms with E-state index >= 15 is 0 Å². The first-order valence-corrected chi connectivity index (χ1v) is 7.90. The van der Waals surface area contributed by atoms with Crippen LogP contribution >= 0.6 is 0 Å². The molecule has 0 spiro atoms. The zero-order valence-corrected chi connectivity index (χ0v) is 13.7. The number of hydrogen-bond acceptors (Lipinski definition) is 4. The number of hydrogen-bond donors (Lipinski definition) is 2. The number of nitriles is 1. The summed E-state index contributed by atoms with van der Waals surface area (Å²) in [5.74, 6) is -0.199. The van der Waals surface area contributed by atoms with Crippen LogP contribution in [0.1, 0.15) is 21.5 Å². The van der Waals surface area contributed by atoms with E-state index in [1.807, 2.05) is 12.1 Å². The summed E-state index contributed by atoms with van der Waals surface area (Å²) in [6, 6.07) is 18.4. The molecule has 0 radical (unpaired) electrons. The van der Waals surface area contributed by atoms with Crippen molar-refractivity contribution in [3.05, 3.63) is 89.4 Å². The highest BCUT2D eigenvalue weighted by Crippen LogP contribution is 2.14. The number of anilines is 2. The normalized spacial score (nSPS) is 10.0. The van der Waals surface area contributed by atoms with E-state index in [1.165, 1.54) is 18.3 Å². The summed E-state index contributed by atoms with van der Waals surface area (Å²) in [7, 11) is 0. The highest BCUT2D eigenvalue weighted by atomic mass is 19.1. The van der Waals surface area contributed by atoms with Crippen molar-refractivity contribution >= 4 is 17.4 Å². The first-order valence-electron chi connectivity index (χ1n) is 7.90. The molecule has 1 amide bonds. The third kappa shape index (κ3) is 4.42. The molecule has 0 saturated heterocycles. The van der Waals surface area contributed by atoms with Crippen molar-refractivity contribution in [2.75, 3.05) is 10.6 Å². The van der Waals surface area contributed by atoms with Gasteiger partial charge in [0, 0.05) is 24.0 Å². The number of aromatic nitrogens is 1. The Labute approximate surface area is 150 Å². The molecule has 2 N–H and O–H groups in total. The highest BCUT2D eigenvalue weighted by molar-refractivity contribution is 6.04. The smallest absolute Gasteiger partial charge is 0.256 e. The molecule has 2 aromatic carbocycles. The second-order valence-corrected chi connectivity index (χ2v) is 5.56. The van der Waals surface area contributed by atoms with Crippen molar-refractivity contribution in [2.45, 2.75) is 6.54 Å². The van der Waals surface area contributed by atoms with Crippen molar-refractivity contribution in [1.29, 1.82) is 5.26 Å². The van der Waals surface area contributed by atoms with E-state index in [2.05, 4.69) is 15.6 Å². The average Bonchev–Trinajstić information content (AvgIpc) is 2.68. The molecule has 1 aromatic heterocycles. The summed E-state index contributed by atoms with van der Waals surface area (Å²) in [4.78, 5) is 16.4. The Morgan fingerprint density at radius 3 is 2.62 bits per heavy atom. The molecule has 1 heterocycles. The van der Waals surface area contributed by atoms with Gasteiger partial charge in [0.15, 0.2) is 0 Å². The van der Waals surface area contributed by atoms with Gasteiger partial charge in [-0.3, -0.25) is 4.79 Å². The van der Waals surface area contributed by atoms with Gasteiger partial charge < -0.3 is 10.6 Å². The maximum absolute atomic E-state index is 12.9. The SMILES string of the molecule is N#Cc1ccc(NC(=O)c2cccc(NCc3ccc(F)cc3)c2)nc1. The summed E-state index contributed by atoms with van der Waals surface area (Å²) >= 11 is 0. The van der Waals surface area contributed by atoms with Gasteiger partial charge in [0.05, 0.1) is 5.56 Å². The minimum atomic E-state index is -0.298. The van der Waals surface area contributed by atoms with E-state index in [0.29, 0.717) is 23.5 Å². The van der Waals surface area contributed by atoms with Crippen LogP contribution in [0.4, 0.5) is 15.9 Å². The van der Waals surface area contributed by atoms with Crippen molar-refractivity contribution in [1.82, 2.24) is 4.98 Å². The van der Waals surface area contributed by atoms with E-state index in [-0.39, 0.29) is 11.7 Å². The average molecular weight is 346 g/mol. The van der Waals surface area contributed by atoms with Crippen molar-refractivity contribution in [3.8, 4) is 6.07 Å². The summed E-state index contributed by atoms with van der Waals surface area (Å²) in [5, 5.41) is 14.7. The van der Waals surface area contributed by atoms with Gasteiger partial charge in [-0.05, 0) is 48.0 Å². The summed E-state index contributed by atoms with van der Waals surface area (Å²) in [5.41, 5.74) is 2.60. The summed E-state index contributed by atoms with van der Waals surface area (Å²) in [6.07, 6.45) is 1.40. The lowest BCUT2D eigenvalue weighted by Gasteiger charge is -2.09. The zero-order valence-electron chi connectivity index (χ0n) is 13.7. The van der Waals surface area contributed by atoms with Crippen LogP contribution in [-0.2, 0) is 6.54 Å². The molecule has 6 heteroatoms. The fourth-order valence-electron chi connectivity index (χ4n) is 2.30. The van der Waals surface area contributed by atoms with Gasteiger partial charge in [-0.15, -0.1) is 0 Å². The van der Waals surface area contributed by atoms with Crippen LogP contribution < -0.4 is 10.6 Å². The Hall–Kier alpha value is -3.72. The van der Waals surface area contributed by atoms with Gasteiger partial charge in [0.1, 0.15) is 17.7 Å². The number of nitrogens with zero attached hydrogens (tertiary/aromatic N) is 2. The monoisotopic (exact) mass is 346 g/mol. The van der Waals surface area contributed by atoms with Crippen molar-refractivity contribution in [3.63, 3.8) is 0 Å². The predicted molar refractivity (Wildman–Crippen MR) is 97.1 cm³/mol. The molecule has 0 unspecified atom stereocenters. The lowest BCUT2D eigenvalue weighted by Crippen LogP contribution is -2.13. The second-order valence-electron chi connectivity index (χ2n) is 5.56. The molecule has 26 heavy (non-hydrogen) atoms. The largest absolute Gasteiger partial charge is 0.381 e. The number of amides is 1. The Bertz CT molecular complexity index is 947. The minimum Gasteiger partial charge on any atom is -0.381 e. The Kier molecular flexibility index (Phi) is 5.20. The van der Waals surface area contributed by atoms with Crippen molar-refractivity contribution < 1.29 is 9.18 Å². The molecular weight excluding hydrogens is 331 g/mol. The van der Waals surface area contributed by atoms with Crippen LogP contribution in [0.15, 0.2) is 66.9 Å². The van der Waals surface area contributed by atoms with Crippen LogP contribution in [0.25, 0.3) is 0 Å². The van der Waals surface area contributed by atoms with Gasteiger partial charge >= 0.3 is 0 Å². The van der Waals surface area contributed by atoms with Gasteiger partial charge in [0.2, 0.25) is 0 Å². The van der Waals surface area contributed by atoms with Crippen LogP contribution in [0.2, 0.25) is 0 Å². The lowest BCUT2D eigenvalue weighted by molar-refractivity contribution is 0.102. The first kappa shape index (κ1) is 17.1. The van der Waals surface area contributed by atoms with E-state index in [4.69, 9.17) is 5.26 Å². The van der Waals surface area contributed by atoms with Crippen LogP contribution in [0, 0.1) is 17.1 Å². The van der Waals surface area contributed by atoms with Crippen LogP contribution in [0.5, 0.6) is 0 Å². The molecule has 5 nitrogen and oxygen atoms in total.